The third kappa shape index (κ3) is 2.99. The quantitative estimate of drug-likeness (QED) is 0.498. The minimum Gasteiger partial charge on any atom is -0.367 e. The molecule has 0 aromatic heterocycles. The molecule has 0 radical (unpaired) electrons. The molecule has 2 heteroatoms. The highest BCUT2D eigenvalue weighted by Crippen LogP contribution is 2.47. The maximum atomic E-state index is 5.81. The average molecular weight is 236 g/mol. The van der Waals surface area contributed by atoms with Crippen molar-refractivity contribution in [2.75, 3.05) is 0 Å². The number of hydrogen-bond donors (Lipinski definition) is 0. The molecule has 2 rings (SSSR count). The summed E-state index contributed by atoms with van der Waals surface area (Å²) in [4.78, 5) is 0. The van der Waals surface area contributed by atoms with Gasteiger partial charge >= 0.3 is 0 Å². The Morgan fingerprint density at radius 2 is 1.82 bits per heavy atom. The largest absolute Gasteiger partial charge is 0.367 e. The van der Waals surface area contributed by atoms with Crippen LogP contribution >= 0.6 is 0 Å². The van der Waals surface area contributed by atoms with Gasteiger partial charge in [-0.25, -0.2) is 0 Å². The molecule has 0 amide bonds. The van der Waals surface area contributed by atoms with Crippen molar-refractivity contribution in [2.24, 2.45) is 0 Å². The van der Waals surface area contributed by atoms with E-state index in [1.165, 1.54) is 0 Å². The normalized spacial score (nSPS) is 37.6. The molecule has 3 unspecified atom stereocenters. The first-order valence-electron chi connectivity index (χ1n) is 6.53. The summed E-state index contributed by atoms with van der Waals surface area (Å²) in [6.07, 6.45) is 6.95. The summed E-state index contributed by atoms with van der Waals surface area (Å²) in [7, 11) is 0. The Morgan fingerprint density at radius 3 is 2.35 bits per heavy atom. The van der Waals surface area contributed by atoms with Crippen LogP contribution in [-0.2, 0) is 9.47 Å². The molecule has 2 saturated heterocycles. The standard InChI is InChI=1S/C15H24O2/c1-6-11(2)7-8-13-15(5,17-13)10-9-12-14(3,4)16-12/h6,12-13H,1-2,7-10H2,3-5H3. The van der Waals surface area contributed by atoms with Crippen LogP contribution < -0.4 is 0 Å². The van der Waals surface area contributed by atoms with Crippen molar-refractivity contribution in [2.45, 2.75) is 69.9 Å². The molecule has 2 nitrogen and oxygen atoms in total. The van der Waals surface area contributed by atoms with Gasteiger partial charge in [-0.1, -0.05) is 24.8 Å². The number of epoxide rings is 2. The van der Waals surface area contributed by atoms with E-state index in [9.17, 15) is 0 Å². The van der Waals surface area contributed by atoms with Gasteiger partial charge in [0.2, 0.25) is 0 Å². The smallest absolute Gasteiger partial charge is 0.0921 e. The van der Waals surface area contributed by atoms with E-state index in [1.54, 1.807) is 0 Å². The zero-order valence-electron chi connectivity index (χ0n) is 11.3. The van der Waals surface area contributed by atoms with Gasteiger partial charge in [-0.2, -0.15) is 0 Å². The SMILES string of the molecule is C=CC(=C)CCC1OC1(C)CCC1OC1(C)C. The molecule has 0 saturated carbocycles. The van der Waals surface area contributed by atoms with Crippen LogP contribution in [0.2, 0.25) is 0 Å². The van der Waals surface area contributed by atoms with Crippen LogP contribution in [0, 0.1) is 0 Å². The molecule has 2 heterocycles. The molecule has 2 aliphatic rings. The Morgan fingerprint density at radius 1 is 1.18 bits per heavy atom. The molecule has 2 fully saturated rings. The zero-order chi connectivity index (χ0) is 12.7. The molecule has 0 aromatic carbocycles. The van der Waals surface area contributed by atoms with Gasteiger partial charge < -0.3 is 9.47 Å². The minimum atomic E-state index is 0.0868. The lowest BCUT2D eigenvalue weighted by atomic mass is 9.94. The van der Waals surface area contributed by atoms with Crippen molar-refractivity contribution >= 4 is 0 Å². The van der Waals surface area contributed by atoms with E-state index >= 15 is 0 Å². The lowest BCUT2D eigenvalue weighted by molar-refractivity contribution is 0.274. The van der Waals surface area contributed by atoms with Gasteiger partial charge in [0.15, 0.2) is 0 Å². The Hall–Kier alpha value is -0.600. The van der Waals surface area contributed by atoms with E-state index < -0.39 is 0 Å². The van der Waals surface area contributed by atoms with E-state index in [-0.39, 0.29) is 11.2 Å². The van der Waals surface area contributed by atoms with Gasteiger partial charge in [0.1, 0.15) is 0 Å². The second-order valence-corrected chi connectivity index (χ2v) is 6.07. The first-order valence-corrected chi connectivity index (χ1v) is 6.53. The van der Waals surface area contributed by atoms with Crippen LogP contribution in [-0.4, -0.2) is 23.4 Å². The number of ether oxygens (including phenoxy) is 2. The maximum absolute atomic E-state index is 5.81. The van der Waals surface area contributed by atoms with Crippen LogP contribution in [0.4, 0.5) is 0 Å². The molecular formula is C15H24O2. The van der Waals surface area contributed by atoms with Gasteiger partial charge in [-0.05, 0) is 46.5 Å². The van der Waals surface area contributed by atoms with Crippen LogP contribution in [0.25, 0.3) is 0 Å². The van der Waals surface area contributed by atoms with Gasteiger partial charge in [0.05, 0.1) is 23.4 Å². The summed E-state index contributed by atoms with van der Waals surface area (Å²) in [5, 5.41) is 0. The lowest BCUT2D eigenvalue weighted by Crippen LogP contribution is -2.13. The zero-order valence-corrected chi connectivity index (χ0v) is 11.3. The van der Waals surface area contributed by atoms with E-state index in [0.29, 0.717) is 12.2 Å². The molecule has 0 bridgehead atoms. The average Bonchev–Trinajstić information content (AvgIpc) is 3.10. The Kier molecular flexibility index (Phi) is 3.21. The molecule has 3 atom stereocenters. The highest BCUT2D eigenvalue weighted by molar-refractivity contribution is 5.12. The fraction of sp³-hybridized carbons (Fsp3) is 0.733. The summed E-state index contributed by atoms with van der Waals surface area (Å²) in [5.41, 5.74) is 1.30. The topological polar surface area (TPSA) is 25.1 Å². The first-order chi connectivity index (χ1) is 7.87. The monoisotopic (exact) mass is 236 g/mol. The van der Waals surface area contributed by atoms with Crippen molar-refractivity contribution in [3.05, 3.63) is 24.8 Å². The Bertz CT molecular complexity index is 332. The first kappa shape index (κ1) is 12.8. The second-order valence-electron chi connectivity index (χ2n) is 6.07. The number of allylic oxidation sites excluding steroid dienone is 2. The molecule has 2 aliphatic heterocycles. The predicted molar refractivity (Wildman–Crippen MR) is 70.0 cm³/mol. The van der Waals surface area contributed by atoms with Crippen molar-refractivity contribution in [1.29, 1.82) is 0 Å². The van der Waals surface area contributed by atoms with E-state index in [4.69, 9.17) is 9.47 Å². The van der Waals surface area contributed by atoms with Crippen LogP contribution in [0.1, 0.15) is 46.5 Å². The Balaban J connectivity index is 1.65. The second kappa shape index (κ2) is 4.25. The van der Waals surface area contributed by atoms with Crippen LogP contribution in [0.15, 0.2) is 24.8 Å². The molecule has 0 N–H and O–H groups in total. The molecule has 0 spiro atoms. The molecule has 0 aliphatic carbocycles. The third-order valence-electron chi connectivity index (χ3n) is 4.12. The third-order valence-corrected chi connectivity index (χ3v) is 4.12. The number of rotatable bonds is 7. The molecule has 17 heavy (non-hydrogen) atoms. The summed E-state index contributed by atoms with van der Waals surface area (Å²) in [6, 6.07) is 0. The summed E-state index contributed by atoms with van der Waals surface area (Å²) >= 11 is 0. The summed E-state index contributed by atoms with van der Waals surface area (Å²) in [5.74, 6) is 0. The fourth-order valence-electron chi connectivity index (χ4n) is 2.45. The van der Waals surface area contributed by atoms with Crippen LogP contribution in [0.5, 0.6) is 0 Å². The van der Waals surface area contributed by atoms with Crippen molar-refractivity contribution in [3.63, 3.8) is 0 Å². The van der Waals surface area contributed by atoms with Crippen molar-refractivity contribution in [1.82, 2.24) is 0 Å². The summed E-state index contributed by atoms with van der Waals surface area (Å²) < 4.78 is 11.4. The molecular weight excluding hydrogens is 212 g/mol. The fourth-order valence-corrected chi connectivity index (χ4v) is 2.45. The van der Waals surface area contributed by atoms with Crippen molar-refractivity contribution in [3.8, 4) is 0 Å². The highest BCUT2D eigenvalue weighted by Gasteiger charge is 2.54. The van der Waals surface area contributed by atoms with Crippen LogP contribution in [0.3, 0.4) is 0 Å². The van der Waals surface area contributed by atoms with Gasteiger partial charge in [-0.15, -0.1) is 0 Å². The van der Waals surface area contributed by atoms with Gasteiger partial charge in [0, 0.05) is 0 Å². The van der Waals surface area contributed by atoms with Gasteiger partial charge in [0.25, 0.3) is 0 Å². The maximum Gasteiger partial charge on any atom is 0.0921 e. The van der Waals surface area contributed by atoms with E-state index in [1.807, 2.05) is 6.08 Å². The van der Waals surface area contributed by atoms with E-state index in [2.05, 4.69) is 33.9 Å². The highest BCUT2D eigenvalue weighted by atomic mass is 16.6. The molecule has 0 aromatic rings. The van der Waals surface area contributed by atoms with Crippen molar-refractivity contribution < 1.29 is 9.47 Å². The van der Waals surface area contributed by atoms with E-state index in [0.717, 1.165) is 31.3 Å². The lowest BCUT2D eigenvalue weighted by Gasteiger charge is -2.05. The number of hydrogen-bond acceptors (Lipinski definition) is 2. The summed E-state index contributed by atoms with van der Waals surface area (Å²) in [6.45, 7) is 14.2. The molecule has 96 valence electrons. The Labute approximate surface area is 105 Å². The minimum absolute atomic E-state index is 0.0868. The van der Waals surface area contributed by atoms with Gasteiger partial charge in [-0.3, -0.25) is 0 Å². The predicted octanol–water partition coefficient (Wildman–Crippen LogP) is 3.62.